The Kier molecular flexibility index (Phi) is 5.45. The predicted molar refractivity (Wildman–Crippen MR) is 51.7 cm³/mol. The van der Waals surface area contributed by atoms with Gasteiger partial charge in [0.15, 0.2) is 0 Å². The molecule has 12 heavy (non-hydrogen) atoms. The molecule has 0 unspecified atom stereocenters. The number of carbonyl (C=O) groups is 1. The Balaban J connectivity index is 0.00000121. The molecule has 1 aromatic carbocycles. The molecule has 1 N–H and O–H groups in total. The molecule has 1 aromatic rings. The van der Waals surface area contributed by atoms with Crippen molar-refractivity contribution in [2.45, 2.75) is 0 Å². The van der Waals surface area contributed by atoms with E-state index in [1.54, 1.807) is 6.08 Å². The fraction of sp³-hybridized carbons (Fsp3) is 0. The van der Waals surface area contributed by atoms with Gasteiger partial charge in [0.25, 0.3) is 0 Å². The van der Waals surface area contributed by atoms with Crippen LogP contribution in [0.2, 0.25) is 0 Å². The van der Waals surface area contributed by atoms with Crippen LogP contribution in [0.1, 0.15) is 5.56 Å². The van der Waals surface area contributed by atoms with E-state index in [-0.39, 0.29) is 23.9 Å². The van der Waals surface area contributed by atoms with E-state index in [2.05, 4.69) is 0 Å². The van der Waals surface area contributed by atoms with Gasteiger partial charge in [-0.3, -0.25) is 0 Å². The first-order valence-electron chi connectivity index (χ1n) is 3.25. The molecule has 0 fully saturated rings. The van der Waals surface area contributed by atoms with Crippen molar-refractivity contribution in [1.29, 1.82) is 0 Å². The van der Waals surface area contributed by atoms with Crippen molar-refractivity contribution in [2.75, 3.05) is 0 Å². The van der Waals surface area contributed by atoms with Crippen molar-refractivity contribution in [3.8, 4) is 0 Å². The first-order valence-corrected chi connectivity index (χ1v) is 3.25. The van der Waals surface area contributed by atoms with Crippen LogP contribution in [0.5, 0.6) is 0 Å². The number of aliphatic carboxylic acids is 1. The Labute approximate surface area is 87.9 Å². The molecule has 0 aliphatic rings. The van der Waals surface area contributed by atoms with Crippen LogP contribution in [-0.2, 0) is 4.79 Å². The molecule has 0 bridgehead atoms. The zero-order valence-corrected chi connectivity index (χ0v) is 10.6. The molecule has 0 aliphatic heterocycles. The van der Waals surface area contributed by atoms with Gasteiger partial charge in [-0.1, -0.05) is 30.3 Å². The molecule has 0 amide bonds. The maximum absolute atomic E-state index is 10.1. The van der Waals surface area contributed by atoms with Crippen LogP contribution in [0.15, 0.2) is 36.4 Å². The second kappa shape index (κ2) is 5.83. The average Bonchev–Trinajstić information content (AvgIpc) is 2.03. The summed E-state index contributed by atoms with van der Waals surface area (Å²) < 4.78 is 0. The summed E-state index contributed by atoms with van der Waals surface area (Å²) in [5, 5.41) is 8.29. The van der Waals surface area contributed by atoms with Gasteiger partial charge in [0, 0.05) is 6.08 Å². The number of rotatable bonds is 2. The Morgan fingerprint density at radius 2 is 1.83 bits per heavy atom. The molecule has 2 nitrogen and oxygen atoms in total. The summed E-state index contributed by atoms with van der Waals surface area (Å²) in [6.45, 7) is 0. The van der Waals surface area contributed by atoms with Gasteiger partial charge in [-0.25, -0.2) is 4.79 Å². The fourth-order valence-electron chi connectivity index (χ4n) is 0.732. The monoisotopic (exact) mass is 270 g/mol. The molecule has 0 atom stereocenters. The van der Waals surface area contributed by atoms with Gasteiger partial charge >= 0.3 is 29.9 Å². The third kappa shape index (κ3) is 4.18. The van der Waals surface area contributed by atoms with Crippen molar-refractivity contribution in [3.05, 3.63) is 42.0 Å². The van der Waals surface area contributed by atoms with Gasteiger partial charge in [0.2, 0.25) is 0 Å². The van der Waals surface area contributed by atoms with E-state index in [1.165, 1.54) is 0 Å². The van der Waals surface area contributed by atoms with Gasteiger partial charge in [-0.15, -0.1) is 0 Å². The summed E-state index contributed by atoms with van der Waals surface area (Å²) in [4.78, 5) is 10.1. The minimum absolute atomic E-state index is 0. The van der Waals surface area contributed by atoms with Crippen molar-refractivity contribution >= 4 is 36.0 Å². The van der Waals surface area contributed by atoms with Gasteiger partial charge in [-0.2, -0.15) is 0 Å². The number of hydrogen-bond donors (Lipinski definition) is 1. The van der Waals surface area contributed by atoms with Crippen LogP contribution in [0.25, 0.3) is 6.08 Å². The molecule has 1 rings (SSSR count). The van der Waals surface area contributed by atoms with Crippen molar-refractivity contribution in [2.24, 2.45) is 0 Å². The van der Waals surface area contributed by atoms with Crippen LogP contribution in [-0.4, -0.2) is 35.0 Å². The molecule has 0 aliphatic carbocycles. The second-order valence-corrected chi connectivity index (χ2v) is 2.08. The fourth-order valence-corrected chi connectivity index (χ4v) is 0.732. The number of carboxylic acids is 1. The van der Waals surface area contributed by atoms with Gasteiger partial charge in [0.1, 0.15) is 0 Å². The Bertz CT molecular complexity index is 267. The van der Waals surface area contributed by atoms with E-state index >= 15 is 0 Å². The normalized spacial score (nSPS) is 9.33. The Morgan fingerprint density at radius 1 is 1.25 bits per heavy atom. The van der Waals surface area contributed by atoms with E-state index in [9.17, 15) is 4.79 Å². The topological polar surface area (TPSA) is 37.3 Å². The van der Waals surface area contributed by atoms with E-state index < -0.39 is 5.97 Å². The van der Waals surface area contributed by atoms with Gasteiger partial charge < -0.3 is 5.11 Å². The predicted octanol–water partition coefficient (Wildman–Crippen LogP) is 0.868. The maximum atomic E-state index is 10.1. The van der Waals surface area contributed by atoms with Crippen molar-refractivity contribution in [3.63, 3.8) is 0 Å². The quantitative estimate of drug-likeness (QED) is 0.638. The van der Waals surface area contributed by atoms with Crippen LogP contribution in [0.4, 0.5) is 0 Å². The first kappa shape index (κ1) is 11.2. The third-order valence-corrected chi connectivity index (χ3v) is 1.22. The van der Waals surface area contributed by atoms with Crippen molar-refractivity contribution < 1.29 is 9.90 Å². The van der Waals surface area contributed by atoms with E-state index in [1.807, 2.05) is 30.3 Å². The van der Waals surface area contributed by atoms with Crippen LogP contribution < -0.4 is 0 Å². The Morgan fingerprint density at radius 3 is 2.33 bits per heavy atom. The summed E-state index contributed by atoms with van der Waals surface area (Å²) in [6, 6.07) is 9.31. The van der Waals surface area contributed by atoms with Gasteiger partial charge in [-0.05, 0) is 11.6 Å². The standard InChI is InChI=1S/C9H8O2.Sn.2H/c10-9(11)7-6-8-4-2-1-3-5-8;;;/h1-7H,(H,10,11);;;. The molecular formula is C9H10O2Sn. The minimum atomic E-state index is -0.922. The molecule has 0 spiro atoms. The number of benzene rings is 1. The molecule has 0 aromatic heterocycles. The van der Waals surface area contributed by atoms with E-state index in [4.69, 9.17) is 5.11 Å². The van der Waals surface area contributed by atoms with Crippen LogP contribution in [0, 0.1) is 0 Å². The first-order chi connectivity index (χ1) is 5.29. The van der Waals surface area contributed by atoms with Gasteiger partial charge in [0.05, 0.1) is 0 Å². The SMILES string of the molecule is O=C(O)C=Cc1ccccc1.[SnH2]. The summed E-state index contributed by atoms with van der Waals surface area (Å²) >= 11 is 0. The summed E-state index contributed by atoms with van der Waals surface area (Å²) in [6.07, 6.45) is 2.68. The zero-order valence-electron chi connectivity index (χ0n) is 6.60. The molecular weight excluding hydrogens is 259 g/mol. The molecule has 0 saturated carbocycles. The molecule has 0 saturated heterocycles. The van der Waals surface area contributed by atoms with E-state index in [0.717, 1.165) is 11.6 Å². The summed E-state index contributed by atoms with van der Waals surface area (Å²) in [5.74, 6) is -0.922. The van der Waals surface area contributed by atoms with E-state index in [0.29, 0.717) is 0 Å². The zero-order chi connectivity index (χ0) is 8.10. The Hall–Kier alpha value is -0.771. The molecule has 0 heterocycles. The molecule has 3 heteroatoms. The van der Waals surface area contributed by atoms with Crippen molar-refractivity contribution in [1.82, 2.24) is 0 Å². The second-order valence-electron chi connectivity index (χ2n) is 2.08. The number of hydrogen-bond acceptors (Lipinski definition) is 1. The van der Waals surface area contributed by atoms with Crippen LogP contribution in [0.3, 0.4) is 0 Å². The molecule has 62 valence electrons. The van der Waals surface area contributed by atoms with Crippen LogP contribution >= 0.6 is 0 Å². The summed E-state index contributed by atoms with van der Waals surface area (Å²) in [5.41, 5.74) is 0.898. The average molecular weight is 269 g/mol. The molecule has 2 radical (unpaired) electrons. The third-order valence-electron chi connectivity index (χ3n) is 1.22. The number of carboxylic acid groups (broad SMARTS) is 1. The summed E-state index contributed by atoms with van der Waals surface area (Å²) in [7, 11) is 0.